The minimum Gasteiger partial charge on any atom is -0.369 e. The molecule has 6 rings (SSSR count). The van der Waals surface area contributed by atoms with E-state index in [0.29, 0.717) is 37.5 Å². The smallest absolute Gasteiger partial charge is 0.304 e. The number of rotatable bonds is 12. The Morgan fingerprint density at radius 1 is 0.837 bits per heavy atom. The zero-order valence-electron chi connectivity index (χ0n) is 27.8. The average molecular weight is 718 g/mol. The van der Waals surface area contributed by atoms with E-state index in [-0.39, 0.29) is 6.04 Å². The molecule has 2 heterocycles. The molecule has 2 saturated heterocycles. The maximum atomic E-state index is 13.1. The Balaban J connectivity index is 0.947. The summed E-state index contributed by atoms with van der Waals surface area (Å²) in [5.41, 5.74) is 5.01. The minimum atomic E-state index is -3.93. The van der Waals surface area contributed by atoms with Gasteiger partial charge in [0, 0.05) is 84.8 Å². The number of thioether (sulfide) groups is 1. The highest BCUT2D eigenvalue weighted by molar-refractivity contribution is 7.99. The molecule has 258 valence electrons. The summed E-state index contributed by atoms with van der Waals surface area (Å²) in [6, 6.07) is 34.6. The Hall–Kier alpha value is -3.38. The summed E-state index contributed by atoms with van der Waals surface area (Å²) < 4.78 is 29.9. The van der Waals surface area contributed by atoms with Gasteiger partial charge in [-0.15, -0.1) is 11.8 Å². The second kappa shape index (κ2) is 16.6. The molecule has 11 heteroatoms. The molecule has 0 saturated carbocycles. The summed E-state index contributed by atoms with van der Waals surface area (Å²) in [6.07, 6.45) is 1.40. The number of nitrogens with zero attached hydrogens (tertiary/aromatic N) is 3. The fourth-order valence-corrected chi connectivity index (χ4v) is 8.68. The molecule has 2 aliphatic heterocycles. The van der Waals surface area contributed by atoms with Gasteiger partial charge in [-0.25, -0.2) is 4.72 Å². The van der Waals surface area contributed by atoms with E-state index in [1.54, 1.807) is 12.1 Å². The number of piperidine rings is 1. The van der Waals surface area contributed by atoms with Crippen LogP contribution in [0.2, 0.25) is 5.02 Å². The van der Waals surface area contributed by atoms with Gasteiger partial charge in [-0.1, -0.05) is 66.2 Å². The molecule has 2 fully saturated rings. The third-order valence-electron chi connectivity index (χ3n) is 9.21. The van der Waals surface area contributed by atoms with Crippen LogP contribution in [0.5, 0.6) is 0 Å². The maximum Gasteiger partial charge on any atom is 0.304 e. The Bertz CT molecular complexity index is 1780. The van der Waals surface area contributed by atoms with Crippen molar-refractivity contribution in [1.29, 1.82) is 0 Å². The van der Waals surface area contributed by atoms with E-state index >= 15 is 0 Å². The summed E-state index contributed by atoms with van der Waals surface area (Å²) in [5, 5.41) is 4.37. The third kappa shape index (κ3) is 9.66. The summed E-state index contributed by atoms with van der Waals surface area (Å²) in [7, 11) is -3.93. The average Bonchev–Trinajstić information content (AvgIpc) is 3.12. The highest BCUT2D eigenvalue weighted by atomic mass is 35.5. The van der Waals surface area contributed by atoms with Gasteiger partial charge in [0.25, 0.3) is 5.91 Å². The Morgan fingerprint density at radius 2 is 1.49 bits per heavy atom. The van der Waals surface area contributed by atoms with Crippen LogP contribution >= 0.6 is 23.4 Å². The van der Waals surface area contributed by atoms with E-state index in [9.17, 15) is 13.2 Å². The van der Waals surface area contributed by atoms with Crippen LogP contribution in [-0.2, 0) is 16.8 Å². The number of carbonyl (C=O) groups excluding carboxylic acids is 1. The molecule has 49 heavy (non-hydrogen) atoms. The van der Waals surface area contributed by atoms with Crippen LogP contribution in [0.4, 0.5) is 5.69 Å². The highest BCUT2D eigenvalue weighted by Crippen LogP contribution is 2.27. The van der Waals surface area contributed by atoms with Gasteiger partial charge in [0.15, 0.2) is 0 Å². The van der Waals surface area contributed by atoms with Crippen molar-refractivity contribution in [3.63, 3.8) is 0 Å². The molecule has 1 unspecified atom stereocenters. The molecule has 0 spiro atoms. The van der Waals surface area contributed by atoms with E-state index < -0.39 is 16.1 Å². The Morgan fingerprint density at radius 3 is 2.18 bits per heavy atom. The van der Waals surface area contributed by atoms with Gasteiger partial charge in [-0.2, -0.15) is 12.7 Å². The van der Waals surface area contributed by atoms with Gasteiger partial charge in [0.1, 0.15) is 0 Å². The quantitative estimate of drug-likeness (QED) is 0.161. The molecule has 0 aromatic heterocycles. The molecule has 1 amide bonds. The van der Waals surface area contributed by atoms with E-state index in [1.165, 1.54) is 20.3 Å². The maximum absolute atomic E-state index is 13.1. The Kier molecular flexibility index (Phi) is 12.0. The first-order valence-electron chi connectivity index (χ1n) is 16.9. The van der Waals surface area contributed by atoms with E-state index in [2.05, 4.69) is 75.3 Å². The number of benzene rings is 4. The lowest BCUT2D eigenvalue weighted by Crippen LogP contribution is -2.51. The lowest BCUT2D eigenvalue weighted by molar-refractivity contribution is 0.0978. The second-order valence-electron chi connectivity index (χ2n) is 12.8. The normalized spacial score (nSPS) is 17.1. The first-order valence-corrected chi connectivity index (χ1v) is 19.7. The molecular formula is C38H44ClN5O3S2. The molecule has 0 aliphatic carbocycles. The molecule has 0 radical (unpaired) electrons. The molecule has 4 aromatic rings. The standard InChI is InChI=1S/C38H44ClN5O3S2/c1-29(28-48-36-8-3-2-4-9-36)40-34-19-21-44(22-20-34)49(46,47)41-38(45)31-13-17-35(18-14-31)43-25-23-42(24-26-43)27-32-7-5-6-10-37(32)30-11-15-33(39)16-12-30/h2-18,29,34,40H,19-28H2,1H3,(H,41,45). The van der Waals surface area contributed by atoms with E-state index in [1.807, 2.05) is 54.2 Å². The number of hydrogen-bond acceptors (Lipinski definition) is 7. The summed E-state index contributed by atoms with van der Waals surface area (Å²) in [4.78, 5) is 19.0. The van der Waals surface area contributed by atoms with Crippen molar-refractivity contribution in [3.8, 4) is 11.1 Å². The predicted octanol–water partition coefficient (Wildman–Crippen LogP) is 6.54. The van der Waals surface area contributed by atoms with Crippen molar-refractivity contribution in [3.05, 3.63) is 119 Å². The molecular weight excluding hydrogens is 674 g/mol. The minimum absolute atomic E-state index is 0.244. The zero-order valence-corrected chi connectivity index (χ0v) is 30.2. The number of piperazine rings is 1. The van der Waals surface area contributed by atoms with Gasteiger partial charge in [-0.3, -0.25) is 9.69 Å². The lowest BCUT2D eigenvalue weighted by atomic mass is 9.99. The molecule has 8 nitrogen and oxygen atoms in total. The molecule has 1 atom stereocenters. The van der Waals surface area contributed by atoms with Crippen LogP contribution < -0.4 is 14.9 Å². The van der Waals surface area contributed by atoms with Gasteiger partial charge < -0.3 is 10.2 Å². The summed E-state index contributed by atoms with van der Waals surface area (Å²) >= 11 is 7.92. The predicted molar refractivity (Wildman–Crippen MR) is 202 cm³/mol. The number of halogens is 1. The van der Waals surface area contributed by atoms with Crippen molar-refractivity contribution in [1.82, 2.24) is 19.2 Å². The van der Waals surface area contributed by atoms with E-state index in [0.717, 1.165) is 54.8 Å². The number of anilines is 1. The van der Waals surface area contributed by atoms with Gasteiger partial charge in [-0.05, 0) is 85.0 Å². The van der Waals surface area contributed by atoms with E-state index in [4.69, 9.17) is 11.6 Å². The van der Waals surface area contributed by atoms with Gasteiger partial charge in [0.2, 0.25) is 0 Å². The number of hydrogen-bond donors (Lipinski definition) is 2. The highest BCUT2D eigenvalue weighted by Gasteiger charge is 2.30. The van der Waals surface area contributed by atoms with Crippen LogP contribution in [0, 0.1) is 0 Å². The van der Waals surface area contributed by atoms with Crippen LogP contribution in [0.25, 0.3) is 11.1 Å². The second-order valence-corrected chi connectivity index (χ2v) is 16.0. The van der Waals surface area contributed by atoms with Crippen molar-refractivity contribution >= 4 is 45.2 Å². The lowest BCUT2D eigenvalue weighted by Gasteiger charge is -2.36. The number of amides is 1. The number of carbonyl (C=O) groups is 1. The topological polar surface area (TPSA) is 85.0 Å². The third-order valence-corrected chi connectivity index (χ3v) is 12.2. The zero-order chi connectivity index (χ0) is 34.2. The van der Waals surface area contributed by atoms with Gasteiger partial charge >= 0.3 is 10.2 Å². The fourth-order valence-electron chi connectivity index (χ4n) is 6.49. The molecule has 2 aliphatic rings. The molecule has 0 bridgehead atoms. The van der Waals surface area contributed by atoms with Crippen molar-refractivity contribution in [2.45, 2.75) is 43.3 Å². The monoisotopic (exact) mass is 717 g/mol. The van der Waals surface area contributed by atoms with Crippen molar-refractivity contribution in [2.75, 3.05) is 49.9 Å². The van der Waals surface area contributed by atoms with Crippen LogP contribution in [0.3, 0.4) is 0 Å². The summed E-state index contributed by atoms with van der Waals surface area (Å²) in [5.74, 6) is 0.330. The van der Waals surface area contributed by atoms with Crippen LogP contribution in [-0.4, -0.2) is 80.6 Å². The SMILES string of the molecule is CC(CSc1ccccc1)NC1CCN(S(=O)(=O)NC(=O)c2ccc(N3CCN(Cc4ccccc4-c4ccc(Cl)cc4)CC3)cc2)CC1. The van der Waals surface area contributed by atoms with Crippen molar-refractivity contribution in [2.24, 2.45) is 0 Å². The van der Waals surface area contributed by atoms with Crippen LogP contribution in [0.15, 0.2) is 108 Å². The number of nitrogens with one attached hydrogen (secondary N) is 2. The first kappa shape index (κ1) is 35.4. The molecule has 2 N–H and O–H groups in total. The fraction of sp³-hybridized carbons (Fsp3) is 0.342. The first-order chi connectivity index (χ1) is 23.7. The largest absolute Gasteiger partial charge is 0.369 e. The van der Waals surface area contributed by atoms with Gasteiger partial charge in [0.05, 0.1) is 0 Å². The molecule has 4 aromatic carbocycles. The van der Waals surface area contributed by atoms with Crippen LogP contribution in [0.1, 0.15) is 35.7 Å². The summed E-state index contributed by atoms with van der Waals surface area (Å²) in [6.45, 7) is 7.31. The Labute approximate surface area is 300 Å². The van der Waals surface area contributed by atoms with Crippen molar-refractivity contribution < 1.29 is 13.2 Å².